The lowest BCUT2D eigenvalue weighted by Gasteiger charge is -2.38. The quantitative estimate of drug-likeness (QED) is 0.667. The van der Waals surface area contributed by atoms with E-state index in [1.807, 2.05) is 30.9 Å². The molecule has 8 heteroatoms. The summed E-state index contributed by atoms with van der Waals surface area (Å²) < 4.78 is 18.1. The zero-order valence-corrected chi connectivity index (χ0v) is 18.7. The maximum absolute atomic E-state index is 12.8. The third-order valence-electron chi connectivity index (χ3n) is 6.91. The Morgan fingerprint density at radius 2 is 1.69 bits per heavy atom. The highest BCUT2D eigenvalue weighted by atomic mass is 16.6. The van der Waals surface area contributed by atoms with Gasteiger partial charge in [0.25, 0.3) is 0 Å². The molecule has 0 N–H and O–H groups in total. The molecule has 5 rings (SSSR count). The Bertz CT molecular complexity index is 964. The highest BCUT2D eigenvalue weighted by Gasteiger charge is 2.45. The Balaban J connectivity index is 1.24. The van der Waals surface area contributed by atoms with Crippen LogP contribution in [0.15, 0.2) is 24.7 Å². The number of carbonyl (C=O) groups is 1. The minimum absolute atomic E-state index is 0.00427. The summed E-state index contributed by atoms with van der Waals surface area (Å²) in [5, 5.41) is 0. The van der Waals surface area contributed by atoms with Crippen LogP contribution >= 0.6 is 0 Å². The van der Waals surface area contributed by atoms with Gasteiger partial charge in [0.05, 0.1) is 11.3 Å². The first-order valence-corrected chi connectivity index (χ1v) is 11.6. The van der Waals surface area contributed by atoms with E-state index in [9.17, 15) is 4.79 Å². The molecule has 4 heterocycles. The van der Waals surface area contributed by atoms with Crippen molar-refractivity contribution in [1.82, 2.24) is 19.9 Å². The van der Waals surface area contributed by atoms with E-state index < -0.39 is 0 Å². The summed E-state index contributed by atoms with van der Waals surface area (Å²) in [5.41, 5.74) is 1.55. The standard InChI is InChI=1S/C24H30N4O4/c1-15-22(26-14-27-23(15)32-21-8-5-11-25-16(21)2)30-20-12-17-9-10-18(13-20)28(17)24(29)31-19-6-3-4-7-19/h5,8,11,14,17-20H,3-4,6-7,9-10,12-13H2,1-2H3/t17-,18?,20?/m0/s1. The van der Waals surface area contributed by atoms with Crippen LogP contribution in [-0.2, 0) is 4.74 Å². The van der Waals surface area contributed by atoms with Crippen molar-refractivity contribution >= 4 is 6.09 Å². The minimum atomic E-state index is -0.136. The summed E-state index contributed by atoms with van der Waals surface area (Å²) in [6.45, 7) is 3.80. The highest BCUT2D eigenvalue weighted by molar-refractivity contribution is 5.69. The molecule has 0 spiro atoms. The second-order valence-corrected chi connectivity index (χ2v) is 9.09. The molecular formula is C24H30N4O4. The predicted octanol–water partition coefficient (Wildman–Crippen LogP) is 4.73. The van der Waals surface area contributed by atoms with Crippen molar-refractivity contribution in [2.24, 2.45) is 0 Å². The van der Waals surface area contributed by atoms with Crippen LogP contribution in [0.4, 0.5) is 4.79 Å². The van der Waals surface area contributed by atoms with E-state index in [0.717, 1.165) is 62.6 Å². The number of aryl methyl sites for hydroxylation is 1. The van der Waals surface area contributed by atoms with Crippen LogP contribution < -0.4 is 9.47 Å². The van der Waals surface area contributed by atoms with Gasteiger partial charge in [0.15, 0.2) is 5.75 Å². The van der Waals surface area contributed by atoms with Crippen LogP contribution in [0.25, 0.3) is 0 Å². The van der Waals surface area contributed by atoms with Gasteiger partial charge < -0.3 is 19.1 Å². The van der Waals surface area contributed by atoms with Crippen molar-refractivity contribution < 1.29 is 19.0 Å². The molecular weight excluding hydrogens is 408 g/mol. The van der Waals surface area contributed by atoms with Crippen LogP contribution in [0.3, 0.4) is 0 Å². The molecule has 2 aromatic rings. The lowest BCUT2D eigenvalue weighted by Crippen LogP contribution is -2.50. The van der Waals surface area contributed by atoms with Crippen LogP contribution in [0.1, 0.15) is 62.6 Å². The molecule has 2 unspecified atom stereocenters. The van der Waals surface area contributed by atoms with Crippen molar-refractivity contribution in [2.75, 3.05) is 0 Å². The number of fused-ring (bicyclic) bond motifs is 2. The van der Waals surface area contributed by atoms with Gasteiger partial charge in [-0.15, -0.1) is 0 Å². The summed E-state index contributed by atoms with van der Waals surface area (Å²) in [6, 6.07) is 4.03. The molecule has 1 aliphatic carbocycles. The van der Waals surface area contributed by atoms with Crippen LogP contribution in [0.2, 0.25) is 0 Å². The molecule has 3 aliphatic rings. The highest BCUT2D eigenvalue weighted by Crippen LogP contribution is 2.39. The molecule has 2 aliphatic heterocycles. The van der Waals surface area contributed by atoms with Gasteiger partial charge in [0, 0.05) is 31.1 Å². The topological polar surface area (TPSA) is 86.7 Å². The maximum atomic E-state index is 12.8. The molecule has 2 aromatic heterocycles. The molecule has 0 aromatic carbocycles. The van der Waals surface area contributed by atoms with Crippen LogP contribution in [0, 0.1) is 13.8 Å². The van der Waals surface area contributed by atoms with Crippen molar-refractivity contribution in [2.45, 2.75) is 89.5 Å². The summed E-state index contributed by atoms with van der Waals surface area (Å²) in [6.07, 6.45) is 11.1. The molecule has 3 atom stereocenters. The molecule has 1 amide bonds. The van der Waals surface area contributed by atoms with Crippen molar-refractivity contribution in [3.8, 4) is 17.5 Å². The largest absolute Gasteiger partial charge is 0.474 e. The Hall–Kier alpha value is -2.90. The van der Waals surface area contributed by atoms with Crippen molar-refractivity contribution in [3.63, 3.8) is 0 Å². The second kappa shape index (κ2) is 8.92. The first-order chi connectivity index (χ1) is 15.6. The average molecular weight is 439 g/mol. The molecule has 1 saturated carbocycles. The Kier molecular flexibility index (Phi) is 5.85. The zero-order valence-electron chi connectivity index (χ0n) is 18.7. The molecule has 3 fully saturated rings. The number of aromatic nitrogens is 3. The number of pyridine rings is 1. The molecule has 8 nitrogen and oxygen atoms in total. The van der Waals surface area contributed by atoms with Gasteiger partial charge in [-0.05, 0) is 64.5 Å². The third kappa shape index (κ3) is 4.23. The van der Waals surface area contributed by atoms with E-state index in [1.165, 1.54) is 6.33 Å². The van der Waals surface area contributed by atoms with E-state index in [0.29, 0.717) is 17.5 Å². The normalized spacial score (nSPS) is 25.1. The Morgan fingerprint density at radius 1 is 0.969 bits per heavy atom. The number of nitrogens with zero attached hydrogens (tertiary/aromatic N) is 4. The second-order valence-electron chi connectivity index (χ2n) is 9.09. The number of hydrogen-bond donors (Lipinski definition) is 0. The molecule has 2 bridgehead atoms. The molecule has 170 valence electrons. The van der Waals surface area contributed by atoms with Crippen LogP contribution in [-0.4, -0.2) is 50.2 Å². The van der Waals surface area contributed by atoms with Gasteiger partial charge in [-0.2, -0.15) is 0 Å². The van der Waals surface area contributed by atoms with Gasteiger partial charge in [-0.1, -0.05) is 0 Å². The van der Waals surface area contributed by atoms with Crippen LogP contribution in [0.5, 0.6) is 17.5 Å². The number of ether oxygens (including phenoxy) is 3. The minimum Gasteiger partial charge on any atom is -0.474 e. The number of rotatable bonds is 5. The fourth-order valence-electron chi connectivity index (χ4n) is 5.21. The van der Waals surface area contributed by atoms with E-state index in [1.54, 1.807) is 6.20 Å². The number of carbonyl (C=O) groups excluding carboxylic acids is 1. The van der Waals surface area contributed by atoms with E-state index in [4.69, 9.17) is 14.2 Å². The van der Waals surface area contributed by atoms with Crippen molar-refractivity contribution in [1.29, 1.82) is 0 Å². The fourth-order valence-corrected chi connectivity index (χ4v) is 5.21. The lowest BCUT2D eigenvalue weighted by molar-refractivity contribution is 0.0153. The van der Waals surface area contributed by atoms with E-state index >= 15 is 0 Å². The summed E-state index contributed by atoms with van der Waals surface area (Å²) >= 11 is 0. The summed E-state index contributed by atoms with van der Waals surface area (Å²) in [5.74, 6) is 1.65. The number of amides is 1. The SMILES string of the molecule is Cc1ncccc1Oc1ncnc(OC2CC3CC[C@@H](C2)N3C(=O)OC2CCCC2)c1C. The fraction of sp³-hybridized carbons (Fsp3) is 0.583. The monoisotopic (exact) mass is 438 g/mol. The number of piperidine rings is 1. The van der Waals surface area contributed by atoms with Gasteiger partial charge in [-0.3, -0.25) is 4.98 Å². The molecule has 32 heavy (non-hydrogen) atoms. The summed E-state index contributed by atoms with van der Waals surface area (Å²) in [4.78, 5) is 27.7. The summed E-state index contributed by atoms with van der Waals surface area (Å²) in [7, 11) is 0. The first-order valence-electron chi connectivity index (χ1n) is 11.6. The first kappa shape index (κ1) is 21.0. The van der Waals surface area contributed by atoms with E-state index in [-0.39, 0.29) is 30.4 Å². The van der Waals surface area contributed by atoms with Gasteiger partial charge in [-0.25, -0.2) is 14.8 Å². The van der Waals surface area contributed by atoms with Gasteiger partial charge >= 0.3 is 6.09 Å². The molecule has 0 radical (unpaired) electrons. The van der Waals surface area contributed by atoms with Gasteiger partial charge in [0.1, 0.15) is 18.5 Å². The maximum Gasteiger partial charge on any atom is 0.410 e. The van der Waals surface area contributed by atoms with E-state index in [2.05, 4.69) is 15.0 Å². The van der Waals surface area contributed by atoms with Gasteiger partial charge in [0.2, 0.25) is 11.8 Å². The smallest absolute Gasteiger partial charge is 0.410 e. The Labute approximate surface area is 188 Å². The van der Waals surface area contributed by atoms with Crippen molar-refractivity contribution in [3.05, 3.63) is 35.9 Å². The molecule has 2 saturated heterocycles. The third-order valence-corrected chi connectivity index (χ3v) is 6.91. The lowest BCUT2D eigenvalue weighted by atomic mass is 10.0. The Morgan fingerprint density at radius 3 is 2.41 bits per heavy atom. The zero-order chi connectivity index (χ0) is 22.1. The predicted molar refractivity (Wildman–Crippen MR) is 117 cm³/mol. The average Bonchev–Trinajstić information content (AvgIpc) is 3.38. The number of hydrogen-bond acceptors (Lipinski definition) is 7.